The summed E-state index contributed by atoms with van der Waals surface area (Å²) in [5, 5.41) is 16.9. The standard InChI is InChI=1S/C36H35Cl3N4O4/c1-19-14-26(15-20(2)32(19)39)47-13-6-8-27-28-9-10-29(38)31(30-21(3)40-41(5)22(30)4)33(28)43-12-7-11-42(35(44)34(27)43)25-17-23(36(45)46)16-24(37)18-25/h9-10,14-18H,6-8,11-13H2,1-5H3,(H,45,46). The Morgan fingerprint density at radius 1 is 0.979 bits per heavy atom. The van der Waals surface area contributed by atoms with E-state index in [1.54, 1.807) is 11.0 Å². The number of anilines is 1. The molecule has 0 fully saturated rings. The zero-order chi connectivity index (χ0) is 33.7. The van der Waals surface area contributed by atoms with Crippen LogP contribution >= 0.6 is 34.8 Å². The van der Waals surface area contributed by atoms with E-state index in [0.717, 1.165) is 60.9 Å². The molecular weight excluding hydrogens is 659 g/mol. The van der Waals surface area contributed by atoms with E-state index in [0.29, 0.717) is 55.4 Å². The quantitative estimate of drug-likeness (QED) is 0.164. The SMILES string of the molecule is Cc1cc(OCCCc2c3n(c4c(-c5c(C)nn(C)c5C)c(Cl)ccc24)CCCN(c2cc(Cl)cc(C(=O)O)c2)C3=O)cc(C)c1Cl. The van der Waals surface area contributed by atoms with Crippen LogP contribution in [0.5, 0.6) is 5.75 Å². The number of benzene rings is 3. The van der Waals surface area contributed by atoms with Gasteiger partial charge in [0.2, 0.25) is 0 Å². The molecule has 0 atom stereocenters. The normalized spacial score (nSPS) is 13.3. The highest BCUT2D eigenvalue weighted by Gasteiger charge is 2.32. The average Bonchev–Trinajstić information content (AvgIpc) is 3.38. The highest BCUT2D eigenvalue weighted by atomic mass is 35.5. The summed E-state index contributed by atoms with van der Waals surface area (Å²) in [5.41, 5.74) is 8.31. The molecule has 1 N–H and O–H groups in total. The second-order valence-electron chi connectivity index (χ2n) is 12.1. The van der Waals surface area contributed by atoms with Crippen molar-refractivity contribution in [3.63, 3.8) is 0 Å². The first-order chi connectivity index (χ1) is 22.4. The minimum absolute atomic E-state index is 0.0201. The van der Waals surface area contributed by atoms with Gasteiger partial charge in [0, 0.05) is 58.1 Å². The summed E-state index contributed by atoms with van der Waals surface area (Å²) in [6.07, 6.45) is 1.83. The molecule has 3 aromatic carbocycles. The van der Waals surface area contributed by atoms with Gasteiger partial charge in [-0.2, -0.15) is 5.10 Å². The van der Waals surface area contributed by atoms with Crippen molar-refractivity contribution in [3.05, 3.63) is 96.9 Å². The monoisotopic (exact) mass is 692 g/mol. The number of aromatic carboxylic acids is 1. The number of rotatable bonds is 8. The summed E-state index contributed by atoms with van der Waals surface area (Å²) in [7, 11) is 1.91. The molecule has 244 valence electrons. The van der Waals surface area contributed by atoms with E-state index in [4.69, 9.17) is 39.5 Å². The van der Waals surface area contributed by atoms with Crippen LogP contribution in [0.4, 0.5) is 5.69 Å². The molecule has 0 saturated heterocycles. The van der Waals surface area contributed by atoms with Gasteiger partial charge in [-0.3, -0.25) is 9.48 Å². The van der Waals surface area contributed by atoms with Crippen LogP contribution in [0.1, 0.15) is 61.8 Å². The first-order valence-corrected chi connectivity index (χ1v) is 16.6. The molecule has 11 heteroatoms. The molecule has 0 spiro atoms. The molecule has 0 bridgehead atoms. The Morgan fingerprint density at radius 2 is 1.70 bits per heavy atom. The lowest BCUT2D eigenvalue weighted by atomic mass is 9.98. The molecule has 2 aromatic heterocycles. The van der Waals surface area contributed by atoms with Gasteiger partial charge in [0.05, 0.1) is 28.4 Å². The topological polar surface area (TPSA) is 89.6 Å². The number of aromatic nitrogens is 3. The van der Waals surface area contributed by atoms with E-state index in [2.05, 4.69) is 9.67 Å². The fraction of sp³-hybridized carbons (Fsp3) is 0.306. The highest BCUT2D eigenvalue weighted by Crippen LogP contribution is 2.43. The summed E-state index contributed by atoms with van der Waals surface area (Å²) in [4.78, 5) is 28.2. The van der Waals surface area contributed by atoms with E-state index < -0.39 is 5.97 Å². The maximum absolute atomic E-state index is 14.7. The van der Waals surface area contributed by atoms with Crippen LogP contribution in [0.25, 0.3) is 22.0 Å². The van der Waals surface area contributed by atoms with Crippen molar-refractivity contribution in [2.24, 2.45) is 7.05 Å². The number of hydrogen-bond acceptors (Lipinski definition) is 4. The Hall–Kier alpha value is -3.98. The molecule has 8 nitrogen and oxygen atoms in total. The minimum atomic E-state index is -1.11. The number of nitrogens with zero attached hydrogens (tertiary/aromatic N) is 4. The number of hydrogen-bond donors (Lipinski definition) is 1. The Kier molecular flexibility index (Phi) is 9.04. The minimum Gasteiger partial charge on any atom is -0.494 e. The van der Waals surface area contributed by atoms with Gasteiger partial charge in [-0.25, -0.2) is 4.79 Å². The fourth-order valence-electron chi connectivity index (χ4n) is 6.73. The van der Waals surface area contributed by atoms with Crippen molar-refractivity contribution in [2.75, 3.05) is 18.1 Å². The molecular formula is C36H35Cl3N4O4. The number of carboxylic acid groups (broad SMARTS) is 1. The number of carbonyl (C=O) groups excluding carboxylic acids is 1. The largest absolute Gasteiger partial charge is 0.494 e. The van der Waals surface area contributed by atoms with E-state index in [9.17, 15) is 14.7 Å². The van der Waals surface area contributed by atoms with Crippen LogP contribution in [0.2, 0.25) is 15.1 Å². The lowest BCUT2D eigenvalue weighted by Crippen LogP contribution is -2.32. The van der Waals surface area contributed by atoms with Crippen molar-refractivity contribution in [3.8, 4) is 16.9 Å². The van der Waals surface area contributed by atoms with Gasteiger partial charge in [-0.15, -0.1) is 0 Å². The van der Waals surface area contributed by atoms with Crippen LogP contribution in [-0.2, 0) is 20.0 Å². The molecule has 1 aliphatic rings. The van der Waals surface area contributed by atoms with E-state index >= 15 is 0 Å². The third-order valence-electron chi connectivity index (χ3n) is 8.94. The summed E-state index contributed by atoms with van der Waals surface area (Å²) in [6, 6.07) is 12.3. The molecule has 0 aliphatic carbocycles. The van der Waals surface area contributed by atoms with E-state index in [1.165, 1.54) is 12.1 Å². The zero-order valence-electron chi connectivity index (χ0n) is 26.9. The first-order valence-electron chi connectivity index (χ1n) is 15.5. The third-order valence-corrected chi connectivity index (χ3v) is 10.1. The number of carboxylic acids is 1. The highest BCUT2D eigenvalue weighted by molar-refractivity contribution is 6.35. The lowest BCUT2D eigenvalue weighted by molar-refractivity contribution is 0.0696. The number of fused-ring (bicyclic) bond motifs is 3. The summed E-state index contributed by atoms with van der Waals surface area (Å²) < 4.78 is 10.1. The zero-order valence-corrected chi connectivity index (χ0v) is 29.1. The van der Waals surface area contributed by atoms with Gasteiger partial charge in [0.25, 0.3) is 5.91 Å². The third kappa shape index (κ3) is 5.99. The smallest absolute Gasteiger partial charge is 0.335 e. The number of aryl methyl sites for hydroxylation is 6. The van der Waals surface area contributed by atoms with Gasteiger partial charge in [0.15, 0.2) is 0 Å². The Morgan fingerprint density at radius 3 is 2.36 bits per heavy atom. The number of carbonyl (C=O) groups is 2. The van der Waals surface area contributed by atoms with Crippen molar-refractivity contribution in [1.29, 1.82) is 0 Å². The Balaban J connectivity index is 1.48. The van der Waals surface area contributed by atoms with Crippen LogP contribution in [-0.4, -0.2) is 44.5 Å². The van der Waals surface area contributed by atoms with Gasteiger partial charge in [-0.05, 0) is 100 Å². The Labute approximate surface area is 288 Å². The van der Waals surface area contributed by atoms with Crippen molar-refractivity contribution in [2.45, 2.75) is 53.5 Å². The van der Waals surface area contributed by atoms with Crippen molar-refractivity contribution < 1.29 is 19.4 Å². The summed E-state index contributed by atoms with van der Waals surface area (Å²) in [5.74, 6) is -0.587. The maximum Gasteiger partial charge on any atom is 0.335 e. The van der Waals surface area contributed by atoms with Crippen LogP contribution in [0.3, 0.4) is 0 Å². The molecule has 0 unspecified atom stereocenters. The first kappa shape index (κ1) is 32.9. The summed E-state index contributed by atoms with van der Waals surface area (Å²) >= 11 is 19.7. The van der Waals surface area contributed by atoms with Gasteiger partial charge in [0.1, 0.15) is 11.4 Å². The molecule has 47 heavy (non-hydrogen) atoms. The second-order valence-corrected chi connectivity index (χ2v) is 13.3. The molecule has 1 amide bonds. The molecule has 5 aromatic rings. The molecule has 0 radical (unpaired) electrons. The lowest BCUT2D eigenvalue weighted by Gasteiger charge is -2.22. The predicted molar refractivity (Wildman–Crippen MR) is 188 cm³/mol. The van der Waals surface area contributed by atoms with Crippen LogP contribution < -0.4 is 9.64 Å². The van der Waals surface area contributed by atoms with E-state index in [1.807, 2.05) is 63.7 Å². The number of halogens is 3. The van der Waals surface area contributed by atoms with E-state index in [-0.39, 0.29) is 16.5 Å². The average molecular weight is 694 g/mol. The van der Waals surface area contributed by atoms with Crippen LogP contribution in [0.15, 0.2) is 42.5 Å². The predicted octanol–water partition coefficient (Wildman–Crippen LogP) is 9.00. The molecule has 6 rings (SSSR count). The van der Waals surface area contributed by atoms with Crippen molar-refractivity contribution in [1.82, 2.24) is 14.3 Å². The fourth-order valence-corrected chi connectivity index (χ4v) is 7.32. The number of ether oxygens (including phenoxy) is 1. The molecule has 0 saturated carbocycles. The van der Waals surface area contributed by atoms with Gasteiger partial charge < -0.3 is 19.3 Å². The maximum atomic E-state index is 14.7. The Bertz CT molecular complexity index is 2060. The van der Waals surface area contributed by atoms with Crippen LogP contribution in [0, 0.1) is 27.7 Å². The second kappa shape index (κ2) is 12.9. The summed E-state index contributed by atoms with van der Waals surface area (Å²) in [6.45, 7) is 9.27. The van der Waals surface area contributed by atoms with Gasteiger partial charge >= 0.3 is 5.97 Å². The van der Waals surface area contributed by atoms with Crippen molar-refractivity contribution >= 4 is 63.3 Å². The molecule has 1 aliphatic heterocycles. The molecule has 3 heterocycles. The number of amides is 1. The van der Waals surface area contributed by atoms with Gasteiger partial charge in [-0.1, -0.05) is 40.9 Å².